The number of rotatable bonds is 5. The molecule has 3 unspecified atom stereocenters. The number of likely N-dealkylation sites (tertiary alicyclic amines) is 1. The molecule has 1 aromatic carbocycles. The molecule has 1 aliphatic heterocycles. The normalized spacial score (nSPS) is 23.4. The zero-order chi connectivity index (χ0) is 19.6. The Morgan fingerprint density at radius 2 is 1.78 bits per heavy atom. The molecular weight excluding hydrogens is 346 g/mol. The number of nitrogens with zero attached hydrogens (tertiary/aromatic N) is 1. The van der Waals surface area contributed by atoms with E-state index in [4.69, 9.17) is 0 Å². The molecule has 0 aromatic heterocycles. The van der Waals surface area contributed by atoms with Gasteiger partial charge in [0.2, 0.25) is 5.91 Å². The van der Waals surface area contributed by atoms with Crippen molar-refractivity contribution in [1.29, 1.82) is 0 Å². The summed E-state index contributed by atoms with van der Waals surface area (Å²) in [5.74, 6) is -0.976. The quantitative estimate of drug-likeness (QED) is 0.739. The van der Waals surface area contributed by atoms with Gasteiger partial charge in [-0.05, 0) is 49.8 Å². The predicted molar refractivity (Wildman–Crippen MR) is 101 cm³/mol. The van der Waals surface area contributed by atoms with Crippen LogP contribution in [0.1, 0.15) is 44.7 Å². The van der Waals surface area contributed by atoms with Crippen molar-refractivity contribution in [3.8, 4) is 0 Å². The molecule has 7 nitrogen and oxygen atoms in total. The van der Waals surface area contributed by atoms with Gasteiger partial charge >= 0.3 is 12.0 Å². The van der Waals surface area contributed by atoms with Gasteiger partial charge in [0.05, 0.1) is 12.0 Å². The number of carboxylic acids is 1. The van der Waals surface area contributed by atoms with Crippen LogP contribution in [-0.2, 0) is 9.59 Å². The Labute approximate surface area is 159 Å². The zero-order valence-electron chi connectivity index (χ0n) is 15.8. The van der Waals surface area contributed by atoms with E-state index in [9.17, 15) is 19.5 Å². The van der Waals surface area contributed by atoms with Crippen molar-refractivity contribution in [3.63, 3.8) is 0 Å². The summed E-state index contributed by atoms with van der Waals surface area (Å²) in [6, 6.07) is 6.97. The number of carbonyl (C=O) groups excluding carboxylic acids is 2. The van der Waals surface area contributed by atoms with E-state index in [0.717, 1.165) is 24.1 Å². The molecule has 3 N–H and O–H groups in total. The molecule has 2 aliphatic rings. The number of piperidine rings is 1. The third-order valence-corrected chi connectivity index (χ3v) is 5.26. The first-order chi connectivity index (χ1) is 12.8. The lowest BCUT2D eigenvalue weighted by atomic mass is 9.91. The summed E-state index contributed by atoms with van der Waals surface area (Å²) in [5, 5.41) is 15.1. The highest BCUT2D eigenvalue weighted by atomic mass is 16.4. The number of aliphatic carboxylic acids is 1. The first kappa shape index (κ1) is 19.2. The molecule has 1 saturated heterocycles. The number of carboxylic acid groups (broad SMARTS) is 1. The van der Waals surface area contributed by atoms with E-state index in [2.05, 4.69) is 10.6 Å². The molecule has 146 valence electrons. The van der Waals surface area contributed by atoms with Crippen LogP contribution in [0.25, 0.3) is 0 Å². The maximum absolute atomic E-state index is 12.6. The zero-order valence-corrected chi connectivity index (χ0v) is 15.8. The fraction of sp³-hybridized carbons (Fsp3) is 0.550. The largest absolute Gasteiger partial charge is 0.481 e. The molecule has 1 aromatic rings. The van der Waals surface area contributed by atoms with Crippen molar-refractivity contribution >= 4 is 23.6 Å². The smallest absolute Gasteiger partial charge is 0.317 e. The molecule has 1 saturated carbocycles. The number of hydrogen-bond acceptors (Lipinski definition) is 3. The molecule has 1 aliphatic carbocycles. The molecule has 0 spiro atoms. The highest BCUT2D eigenvalue weighted by molar-refractivity contribution is 5.94. The van der Waals surface area contributed by atoms with Gasteiger partial charge in [-0.3, -0.25) is 9.59 Å². The van der Waals surface area contributed by atoms with Crippen LogP contribution in [0.15, 0.2) is 24.3 Å². The summed E-state index contributed by atoms with van der Waals surface area (Å²) in [4.78, 5) is 37.2. The number of hydrogen-bond donors (Lipinski definition) is 3. The lowest BCUT2D eigenvalue weighted by molar-refractivity contribution is -0.143. The minimum Gasteiger partial charge on any atom is -0.481 e. The average Bonchev–Trinajstić information content (AvgIpc) is 3.46. The van der Waals surface area contributed by atoms with Gasteiger partial charge in [-0.15, -0.1) is 0 Å². The third-order valence-electron chi connectivity index (χ3n) is 5.26. The van der Waals surface area contributed by atoms with Crippen LogP contribution >= 0.6 is 0 Å². The van der Waals surface area contributed by atoms with Gasteiger partial charge in [0, 0.05) is 24.7 Å². The van der Waals surface area contributed by atoms with Crippen LogP contribution in [0.2, 0.25) is 0 Å². The van der Waals surface area contributed by atoms with E-state index in [1.54, 1.807) is 4.90 Å². The summed E-state index contributed by atoms with van der Waals surface area (Å²) in [6.45, 7) is 4.66. The highest BCUT2D eigenvalue weighted by Gasteiger charge is 2.32. The van der Waals surface area contributed by atoms with E-state index in [1.807, 2.05) is 38.1 Å². The molecule has 0 bridgehead atoms. The molecule has 2 fully saturated rings. The molecule has 27 heavy (non-hydrogen) atoms. The molecule has 3 atom stereocenters. The second-order valence-corrected chi connectivity index (χ2v) is 7.84. The van der Waals surface area contributed by atoms with Gasteiger partial charge < -0.3 is 20.6 Å². The first-order valence-corrected chi connectivity index (χ1v) is 9.52. The van der Waals surface area contributed by atoms with Crippen LogP contribution in [0.3, 0.4) is 0 Å². The van der Waals surface area contributed by atoms with Crippen LogP contribution in [0, 0.1) is 17.8 Å². The van der Waals surface area contributed by atoms with E-state index >= 15 is 0 Å². The summed E-state index contributed by atoms with van der Waals surface area (Å²) in [6.07, 6.45) is 2.53. The average molecular weight is 373 g/mol. The van der Waals surface area contributed by atoms with Crippen molar-refractivity contribution in [1.82, 2.24) is 10.2 Å². The fourth-order valence-electron chi connectivity index (χ4n) is 3.50. The Hall–Kier alpha value is -2.57. The summed E-state index contributed by atoms with van der Waals surface area (Å²) in [7, 11) is 0. The lowest BCUT2D eigenvalue weighted by Gasteiger charge is -2.35. The maximum atomic E-state index is 12.6. The van der Waals surface area contributed by atoms with Crippen molar-refractivity contribution in [2.24, 2.45) is 17.8 Å². The van der Waals surface area contributed by atoms with Gasteiger partial charge in [0.25, 0.3) is 0 Å². The Morgan fingerprint density at radius 3 is 2.37 bits per heavy atom. The SMILES string of the molecule is CC1CC(C(=O)O)CN(C(=O)NC(C)c2ccc(NC(=O)C3CC3)cc2)C1. The summed E-state index contributed by atoms with van der Waals surface area (Å²) >= 11 is 0. The first-order valence-electron chi connectivity index (χ1n) is 9.52. The van der Waals surface area contributed by atoms with Gasteiger partial charge in [-0.2, -0.15) is 0 Å². The minimum absolute atomic E-state index is 0.0660. The molecule has 3 amide bonds. The van der Waals surface area contributed by atoms with Crippen molar-refractivity contribution in [2.45, 2.75) is 39.2 Å². The molecular formula is C20H27N3O4. The minimum atomic E-state index is -0.851. The second kappa shape index (κ2) is 7.98. The Kier molecular flexibility index (Phi) is 5.68. The number of benzene rings is 1. The summed E-state index contributed by atoms with van der Waals surface area (Å²) in [5.41, 5.74) is 1.68. The van der Waals surface area contributed by atoms with Crippen LogP contribution < -0.4 is 10.6 Å². The predicted octanol–water partition coefficient (Wildman–Crippen LogP) is 2.85. The van der Waals surface area contributed by atoms with Gasteiger partial charge in [0.1, 0.15) is 0 Å². The number of anilines is 1. The number of urea groups is 1. The number of carbonyl (C=O) groups is 3. The van der Waals surface area contributed by atoms with Crippen molar-refractivity contribution in [2.75, 3.05) is 18.4 Å². The topological polar surface area (TPSA) is 98.7 Å². The van der Waals surface area contributed by atoms with Gasteiger partial charge in [-0.1, -0.05) is 19.1 Å². The van der Waals surface area contributed by atoms with Gasteiger partial charge in [0.15, 0.2) is 0 Å². The standard InChI is InChI=1S/C20H27N3O4/c1-12-9-16(19(25)26)11-23(10-12)20(27)21-13(2)14-5-7-17(8-6-14)22-18(24)15-3-4-15/h5-8,12-13,15-16H,3-4,9-11H2,1-2H3,(H,21,27)(H,22,24)(H,25,26). The Balaban J connectivity index is 1.55. The Morgan fingerprint density at radius 1 is 1.11 bits per heavy atom. The summed E-state index contributed by atoms with van der Waals surface area (Å²) < 4.78 is 0. The molecule has 7 heteroatoms. The number of nitrogens with one attached hydrogen (secondary N) is 2. The third kappa shape index (κ3) is 4.99. The van der Waals surface area contributed by atoms with Gasteiger partial charge in [-0.25, -0.2) is 4.79 Å². The van der Waals surface area contributed by atoms with Crippen LogP contribution in [0.5, 0.6) is 0 Å². The molecule has 3 rings (SSSR count). The highest BCUT2D eigenvalue weighted by Crippen LogP contribution is 2.30. The lowest BCUT2D eigenvalue weighted by Crippen LogP contribution is -2.49. The van der Waals surface area contributed by atoms with E-state index in [1.165, 1.54) is 0 Å². The maximum Gasteiger partial charge on any atom is 0.317 e. The van der Waals surface area contributed by atoms with Crippen molar-refractivity contribution < 1.29 is 19.5 Å². The molecule has 0 radical (unpaired) electrons. The molecule has 1 heterocycles. The number of amides is 3. The van der Waals surface area contributed by atoms with E-state index < -0.39 is 11.9 Å². The second-order valence-electron chi connectivity index (χ2n) is 7.84. The fourth-order valence-corrected chi connectivity index (χ4v) is 3.50. The van der Waals surface area contributed by atoms with Crippen molar-refractivity contribution in [3.05, 3.63) is 29.8 Å². The van der Waals surface area contributed by atoms with E-state index in [0.29, 0.717) is 13.0 Å². The van der Waals surface area contributed by atoms with Crippen LogP contribution in [0.4, 0.5) is 10.5 Å². The Bertz CT molecular complexity index is 714. The van der Waals surface area contributed by atoms with Crippen LogP contribution in [-0.4, -0.2) is 41.0 Å². The van der Waals surface area contributed by atoms with E-state index in [-0.39, 0.29) is 36.4 Å². The monoisotopic (exact) mass is 373 g/mol.